The smallest absolute Gasteiger partial charge is 0.237 e. The van der Waals surface area contributed by atoms with Gasteiger partial charge in [-0.05, 0) is 59.3 Å². The van der Waals surface area contributed by atoms with Crippen molar-refractivity contribution in [1.82, 2.24) is 10.2 Å². The number of hydrogen-bond donors (Lipinski definition) is 2. The van der Waals surface area contributed by atoms with Crippen LogP contribution in [0.2, 0.25) is 0 Å². The molecule has 4 nitrogen and oxygen atoms in total. The summed E-state index contributed by atoms with van der Waals surface area (Å²) in [5.74, 6) is -0.256. The lowest BCUT2D eigenvalue weighted by atomic mass is 9.95. The molecule has 0 radical (unpaired) electrons. The molecule has 0 aromatic carbocycles. The predicted octanol–water partition coefficient (Wildman–Crippen LogP) is 0.716. The fraction of sp³-hybridized carbons (Fsp3) is 0.917. The number of likely N-dealkylation sites (tertiary alicyclic amines) is 1. The molecule has 0 aromatic rings. The highest BCUT2D eigenvalue weighted by atomic mass is 16.1. The van der Waals surface area contributed by atoms with Gasteiger partial charge >= 0.3 is 0 Å². The summed E-state index contributed by atoms with van der Waals surface area (Å²) in [7, 11) is 1.80. The van der Waals surface area contributed by atoms with Crippen LogP contribution >= 0.6 is 0 Å². The standard InChI is InChI=1S/C12H25N3O/c1-12(14-2,11(13)16)7-6-10-15-8-4-3-5-9-15/h14H,3-10H2,1-2H3,(H2,13,16). The van der Waals surface area contributed by atoms with Gasteiger partial charge in [0.05, 0.1) is 5.54 Å². The molecule has 0 aliphatic carbocycles. The van der Waals surface area contributed by atoms with Crippen molar-refractivity contribution in [3.63, 3.8) is 0 Å². The minimum atomic E-state index is -0.546. The Bertz CT molecular complexity index is 226. The lowest BCUT2D eigenvalue weighted by Gasteiger charge is -2.29. The van der Waals surface area contributed by atoms with E-state index in [9.17, 15) is 4.79 Å². The van der Waals surface area contributed by atoms with E-state index >= 15 is 0 Å². The second-order valence-electron chi connectivity index (χ2n) is 4.95. The Morgan fingerprint density at radius 1 is 1.38 bits per heavy atom. The van der Waals surface area contributed by atoms with E-state index < -0.39 is 5.54 Å². The van der Waals surface area contributed by atoms with Crippen molar-refractivity contribution >= 4 is 5.91 Å². The van der Waals surface area contributed by atoms with Crippen molar-refractivity contribution in [2.45, 2.75) is 44.6 Å². The van der Waals surface area contributed by atoms with Crippen molar-refractivity contribution in [2.75, 3.05) is 26.7 Å². The first-order chi connectivity index (χ1) is 7.58. The molecule has 0 saturated carbocycles. The van der Waals surface area contributed by atoms with E-state index in [0.717, 1.165) is 19.4 Å². The summed E-state index contributed by atoms with van der Waals surface area (Å²) in [5.41, 5.74) is 4.84. The van der Waals surface area contributed by atoms with Crippen LogP contribution in [0, 0.1) is 0 Å². The van der Waals surface area contributed by atoms with Gasteiger partial charge in [0.15, 0.2) is 0 Å². The Morgan fingerprint density at radius 3 is 2.50 bits per heavy atom. The summed E-state index contributed by atoms with van der Waals surface area (Å²) in [6.07, 6.45) is 5.85. The highest BCUT2D eigenvalue weighted by molar-refractivity contribution is 5.84. The van der Waals surface area contributed by atoms with E-state index in [0.29, 0.717) is 0 Å². The highest BCUT2D eigenvalue weighted by Crippen LogP contribution is 2.14. The molecule has 1 aliphatic rings. The fourth-order valence-electron chi connectivity index (χ4n) is 2.21. The number of piperidine rings is 1. The number of nitrogens with one attached hydrogen (secondary N) is 1. The van der Waals surface area contributed by atoms with Crippen LogP contribution in [0.1, 0.15) is 39.0 Å². The summed E-state index contributed by atoms with van der Waals surface area (Å²) < 4.78 is 0. The lowest BCUT2D eigenvalue weighted by molar-refractivity contribution is -0.123. The van der Waals surface area contributed by atoms with Crippen molar-refractivity contribution in [3.8, 4) is 0 Å². The molecular formula is C12H25N3O. The molecule has 16 heavy (non-hydrogen) atoms. The van der Waals surface area contributed by atoms with Crippen LogP contribution in [-0.2, 0) is 4.79 Å². The molecule has 1 rings (SSSR count). The molecule has 0 aromatic heterocycles. The van der Waals surface area contributed by atoms with Crippen molar-refractivity contribution in [3.05, 3.63) is 0 Å². The van der Waals surface area contributed by atoms with Crippen LogP contribution in [0.25, 0.3) is 0 Å². The summed E-state index contributed by atoms with van der Waals surface area (Å²) in [6, 6.07) is 0. The van der Waals surface area contributed by atoms with E-state index in [4.69, 9.17) is 5.73 Å². The van der Waals surface area contributed by atoms with Crippen molar-refractivity contribution < 1.29 is 4.79 Å². The Morgan fingerprint density at radius 2 is 2.00 bits per heavy atom. The van der Waals surface area contributed by atoms with Gasteiger partial charge in [0.1, 0.15) is 0 Å². The molecule has 1 amide bonds. The van der Waals surface area contributed by atoms with Gasteiger partial charge in [-0.2, -0.15) is 0 Å². The minimum Gasteiger partial charge on any atom is -0.368 e. The third-order valence-electron chi connectivity index (χ3n) is 3.70. The maximum absolute atomic E-state index is 11.3. The maximum atomic E-state index is 11.3. The van der Waals surface area contributed by atoms with Crippen LogP contribution in [-0.4, -0.2) is 43.0 Å². The van der Waals surface area contributed by atoms with Crippen LogP contribution < -0.4 is 11.1 Å². The van der Waals surface area contributed by atoms with Crippen LogP contribution in [0.15, 0.2) is 0 Å². The first-order valence-corrected chi connectivity index (χ1v) is 6.30. The lowest BCUT2D eigenvalue weighted by Crippen LogP contribution is -2.51. The Kier molecular flexibility index (Phi) is 5.22. The van der Waals surface area contributed by atoms with Crippen LogP contribution in [0.4, 0.5) is 0 Å². The SMILES string of the molecule is CNC(C)(CCCN1CCCCC1)C(N)=O. The number of nitrogens with zero attached hydrogens (tertiary/aromatic N) is 1. The summed E-state index contributed by atoms with van der Waals surface area (Å²) in [6.45, 7) is 5.40. The van der Waals surface area contributed by atoms with Gasteiger partial charge in [0, 0.05) is 0 Å². The number of carbonyl (C=O) groups is 1. The van der Waals surface area contributed by atoms with Crippen molar-refractivity contribution in [1.29, 1.82) is 0 Å². The molecule has 4 heteroatoms. The predicted molar refractivity (Wildman–Crippen MR) is 66.2 cm³/mol. The topological polar surface area (TPSA) is 58.4 Å². The van der Waals surface area contributed by atoms with Crippen molar-refractivity contribution in [2.24, 2.45) is 5.73 Å². The molecule has 1 atom stereocenters. The molecule has 1 heterocycles. The second-order valence-corrected chi connectivity index (χ2v) is 4.95. The van der Waals surface area contributed by atoms with E-state index in [1.807, 2.05) is 6.92 Å². The monoisotopic (exact) mass is 227 g/mol. The maximum Gasteiger partial charge on any atom is 0.237 e. The van der Waals surface area contributed by atoms with Gasteiger partial charge < -0.3 is 16.0 Å². The highest BCUT2D eigenvalue weighted by Gasteiger charge is 2.28. The molecule has 1 unspecified atom stereocenters. The average Bonchev–Trinajstić information content (AvgIpc) is 2.30. The minimum absolute atomic E-state index is 0.256. The Labute approximate surface area is 98.6 Å². The summed E-state index contributed by atoms with van der Waals surface area (Å²) in [5, 5.41) is 3.02. The number of likely N-dealkylation sites (N-methyl/N-ethyl adjacent to an activating group) is 1. The third-order valence-corrected chi connectivity index (χ3v) is 3.70. The largest absolute Gasteiger partial charge is 0.368 e. The quantitative estimate of drug-likeness (QED) is 0.703. The number of hydrogen-bond acceptors (Lipinski definition) is 3. The van der Waals surface area contributed by atoms with Gasteiger partial charge in [0.2, 0.25) is 5.91 Å². The number of rotatable bonds is 6. The summed E-state index contributed by atoms with van der Waals surface area (Å²) >= 11 is 0. The molecule has 0 bridgehead atoms. The van der Waals surface area contributed by atoms with Crippen LogP contribution in [0.5, 0.6) is 0 Å². The van der Waals surface area contributed by atoms with Crippen LogP contribution in [0.3, 0.4) is 0 Å². The molecule has 1 aliphatic heterocycles. The number of primary amides is 1. The summed E-state index contributed by atoms with van der Waals surface area (Å²) in [4.78, 5) is 13.8. The number of carbonyl (C=O) groups excluding carboxylic acids is 1. The Balaban J connectivity index is 2.25. The molecular weight excluding hydrogens is 202 g/mol. The van der Waals surface area contributed by atoms with E-state index in [2.05, 4.69) is 10.2 Å². The zero-order valence-corrected chi connectivity index (χ0v) is 10.6. The van der Waals surface area contributed by atoms with E-state index in [1.165, 1.54) is 32.4 Å². The molecule has 3 N–H and O–H groups in total. The molecule has 1 fully saturated rings. The third kappa shape index (κ3) is 3.76. The normalized spacial score (nSPS) is 21.6. The Hall–Kier alpha value is -0.610. The van der Waals surface area contributed by atoms with Gasteiger partial charge in [-0.3, -0.25) is 4.79 Å². The van der Waals surface area contributed by atoms with Gasteiger partial charge in [-0.25, -0.2) is 0 Å². The second kappa shape index (κ2) is 6.21. The molecule has 0 spiro atoms. The number of amides is 1. The first kappa shape index (κ1) is 13.5. The van der Waals surface area contributed by atoms with Gasteiger partial charge in [-0.15, -0.1) is 0 Å². The zero-order chi connectivity index (χ0) is 12.0. The van der Waals surface area contributed by atoms with E-state index in [1.54, 1.807) is 7.05 Å². The van der Waals surface area contributed by atoms with E-state index in [-0.39, 0.29) is 5.91 Å². The molecule has 1 saturated heterocycles. The first-order valence-electron chi connectivity index (χ1n) is 6.30. The zero-order valence-electron chi connectivity index (χ0n) is 10.6. The number of nitrogens with two attached hydrogens (primary N) is 1. The molecule has 94 valence electrons. The fourth-order valence-corrected chi connectivity index (χ4v) is 2.21. The average molecular weight is 227 g/mol. The van der Waals surface area contributed by atoms with Gasteiger partial charge in [-0.1, -0.05) is 6.42 Å². The van der Waals surface area contributed by atoms with Gasteiger partial charge in [0.25, 0.3) is 0 Å².